The largest absolute Gasteiger partial charge is 0.462 e. The van der Waals surface area contributed by atoms with Gasteiger partial charge in [-0.2, -0.15) is 0 Å². The maximum atomic E-state index is 13.2. The molecule has 0 aliphatic rings. The monoisotopic (exact) mass is 794 g/mol. The van der Waals surface area contributed by atoms with Crippen LogP contribution in [0.3, 0.4) is 0 Å². The number of hydrogen-bond donors (Lipinski definition) is 3. The van der Waals surface area contributed by atoms with Crippen molar-refractivity contribution in [2.75, 3.05) is 6.61 Å². The van der Waals surface area contributed by atoms with Crippen LogP contribution in [0.15, 0.2) is 0 Å². The number of unbranched alkanes of at least 4 members (excludes halogenated alkanes) is 34. The van der Waals surface area contributed by atoms with Gasteiger partial charge in [-0.3, -0.25) is 9.59 Å². The molecule has 56 heavy (non-hydrogen) atoms. The predicted octanol–water partition coefficient (Wildman–Crippen LogP) is 14.8. The minimum Gasteiger partial charge on any atom is -0.462 e. The zero-order valence-electron chi connectivity index (χ0n) is 38.0. The summed E-state index contributed by atoms with van der Waals surface area (Å²) in [5, 5.41) is 23.7. The van der Waals surface area contributed by atoms with Gasteiger partial charge < -0.3 is 20.3 Å². The predicted molar refractivity (Wildman–Crippen MR) is 241 cm³/mol. The van der Waals surface area contributed by atoms with Crippen LogP contribution in [0.4, 0.5) is 0 Å². The second-order valence-corrected chi connectivity index (χ2v) is 17.6. The zero-order valence-corrected chi connectivity index (χ0v) is 38.0. The first kappa shape index (κ1) is 54.9. The van der Waals surface area contributed by atoms with Gasteiger partial charge in [0.15, 0.2) is 0 Å². The third-order valence-corrected chi connectivity index (χ3v) is 11.9. The van der Waals surface area contributed by atoms with E-state index in [-0.39, 0.29) is 24.9 Å². The number of hydrogen-bond acceptors (Lipinski definition) is 5. The second kappa shape index (κ2) is 45.0. The summed E-state index contributed by atoms with van der Waals surface area (Å²) in [5.41, 5.74) is 0. The number of ether oxygens (including phenoxy) is 1. The first-order valence-electron chi connectivity index (χ1n) is 25.3. The molecule has 0 aliphatic carbocycles. The Kier molecular flexibility index (Phi) is 44.0. The van der Waals surface area contributed by atoms with E-state index in [1.54, 1.807) is 0 Å². The molecule has 0 radical (unpaired) electrons. The zero-order chi connectivity index (χ0) is 41.0. The summed E-state index contributed by atoms with van der Waals surface area (Å²) in [6.45, 7) is 6.50. The Morgan fingerprint density at radius 3 is 1.09 bits per heavy atom. The standard InChI is InChI=1S/C50H99NO5/c1-4-7-10-13-16-19-22-24-25-28-31-34-37-40-43-50(55)56-46(41-38-35-32-29-27-23-20-17-14-11-8-5-2)44-49(54)51-47(45-52)48(53)42-39-36-33-30-26-21-18-15-12-9-6-3/h46-48,52-53H,4-45H2,1-3H3,(H,51,54). The van der Waals surface area contributed by atoms with Gasteiger partial charge in [-0.1, -0.05) is 245 Å². The third kappa shape index (κ3) is 39.7. The lowest BCUT2D eigenvalue weighted by Crippen LogP contribution is -2.46. The Bertz CT molecular complexity index is 806. The van der Waals surface area contributed by atoms with E-state index < -0.39 is 18.2 Å². The van der Waals surface area contributed by atoms with Crippen molar-refractivity contribution in [2.24, 2.45) is 0 Å². The average Bonchev–Trinajstić information content (AvgIpc) is 3.19. The molecule has 0 aliphatic heterocycles. The van der Waals surface area contributed by atoms with E-state index in [9.17, 15) is 19.8 Å². The molecule has 0 saturated carbocycles. The molecule has 0 aromatic heterocycles. The highest BCUT2D eigenvalue weighted by atomic mass is 16.5. The Morgan fingerprint density at radius 1 is 0.446 bits per heavy atom. The van der Waals surface area contributed by atoms with Crippen LogP contribution >= 0.6 is 0 Å². The summed E-state index contributed by atoms with van der Waals surface area (Å²) in [4.78, 5) is 26.1. The van der Waals surface area contributed by atoms with E-state index in [4.69, 9.17) is 4.74 Å². The van der Waals surface area contributed by atoms with Crippen LogP contribution in [-0.2, 0) is 14.3 Å². The number of nitrogens with one attached hydrogen (secondary N) is 1. The number of carbonyl (C=O) groups excluding carboxylic acids is 2. The minimum atomic E-state index is -0.778. The molecular formula is C50H99NO5. The van der Waals surface area contributed by atoms with Crippen molar-refractivity contribution in [1.29, 1.82) is 0 Å². The molecule has 334 valence electrons. The molecule has 3 N–H and O–H groups in total. The molecule has 0 aromatic rings. The Balaban J connectivity index is 4.51. The maximum absolute atomic E-state index is 13.2. The molecule has 6 heteroatoms. The van der Waals surface area contributed by atoms with Crippen molar-refractivity contribution >= 4 is 11.9 Å². The molecule has 0 rings (SSSR count). The third-order valence-electron chi connectivity index (χ3n) is 11.9. The summed E-state index contributed by atoms with van der Waals surface area (Å²) in [7, 11) is 0. The number of amides is 1. The molecular weight excluding hydrogens is 695 g/mol. The molecule has 0 heterocycles. The Morgan fingerprint density at radius 2 is 0.750 bits per heavy atom. The van der Waals surface area contributed by atoms with Gasteiger partial charge in [-0.25, -0.2) is 0 Å². The van der Waals surface area contributed by atoms with Crippen molar-refractivity contribution in [3.05, 3.63) is 0 Å². The number of aliphatic hydroxyl groups is 2. The highest BCUT2D eigenvalue weighted by molar-refractivity contribution is 5.77. The smallest absolute Gasteiger partial charge is 0.306 e. The van der Waals surface area contributed by atoms with Crippen LogP contribution in [0.25, 0.3) is 0 Å². The number of rotatable bonds is 46. The number of carbonyl (C=O) groups is 2. The second-order valence-electron chi connectivity index (χ2n) is 17.6. The molecule has 0 fully saturated rings. The van der Waals surface area contributed by atoms with Gasteiger partial charge in [0.1, 0.15) is 6.10 Å². The quantitative estimate of drug-likeness (QED) is 0.0421. The van der Waals surface area contributed by atoms with Crippen molar-refractivity contribution in [2.45, 2.75) is 302 Å². The molecule has 3 atom stereocenters. The molecule has 3 unspecified atom stereocenters. The van der Waals surface area contributed by atoms with Crippen LogP contribution in [-0.4, -0.2) is 46.9 Å². The lowest BCUT2D eigenvalue weighted by molar-refractivity contribution is -0.151. The molecule has 0 bridgehead atoms. The van der Waals surface area contributed by atoms with E-state index in [1.165, 1.54) is 199 Å². The Hall–Kier alpha value is -1.14. The SMILES string of the molecule is CCCCCCCCCCCCCCCCC(=O)OC(CCCCCCCCCCCCCC)CC(=O)NC(CO)C(O)CCCCCCCCCCCCC. The van der Waals surface area contributed by atoms with Crippen LogP contribution in [0.2, 0.25) is 0 Å². The van der Waals surface area contributed by atoms with Gasteiger partial charge in [-0.15, -0.1) is 0 Å². The fraction of sp³-hybridized carbons (Fsp3) is 0.960. The van der Waals surface area contributed by atoms with E-state index in [0.29, 0.717) is 19.3 Å². The van der Waals surface area contributed by atoms with Crippen molar-refractivity contribution in [3.63, 3.8) is 0 Å². The van der Waals surface area contributed by atoms with Crippen molar-refractivity contribution in [1.82, 2.24) is 5.32 Å². The van der Waals surface area contributed by atoms with E-state index in [0.717, 1.165) is 38.5 Å². The lowest BCUT2D eigenvalue weighted by atomic mass is 10.0. The molecule has 6 nitrogen and oxygen atoms in total. The highest BCUT2D eigenvalue weighted by Crippen LogP contribution is 2.19. The fourth-order valence-electron chi connectivity index (χ4n) is 8.08. The van der Waals surface area contributed by atoms with E-state index in [2.05, 4.69) is 26.1 Å². The minimum absolute atomic E-state index is 0.0875. The van der Waals surface area contributed by atoms with Crippen LogP contribution in [0, 0.1) is 0 Å². The van der Waals surface area contributed by atoms with Gasteiger partial charge >= 0.3 is 5.97 Å². The van der Waals surface area contributed by atoms with E-state index >= 15 is 0 Å². The van der Waals surface area contributed by atoms with Gasteiger partial charge in [0.05, 0.1) is 25.2 Å². The summed E-state index contributed by atoms with van der Waals surface area (Å²) in [6, 6.07) is -0.691. The first-order valence-corrected chi connectivity index (χ1v) is 25.3. The van der Waals surface area contributed by atoms with Gasteiger partial charge in [0.2, 0.25) is 5.91 Å². The summed E-state index contributed by atoms with van der Waals surface area (Å²) >= 11 is 0. The fourth-order valence-corrected chi connectivity index (χ4v) is 8.08. The number of esters is 1. The molecule has 0 aromatic carbocycles. The summed E-state index contributed by atoms with van der Waals surface area (Å²) < 4.78 is 5.93. The summed E-state index contributed by atoms with van der Waals surface area (Å²) in [6.07, 6.45) is 47.3. The van der Waals surface area contributed by atoms with Gasteiger partial charge in [0.25, 0.3) is 0 Å². The highest BCUT2D eigenvalue weighted by Gasteiger charge is 2.24. The van der Waals surface area contributed by atoms with Crippen molar-refractivity contribution in [3.8, 4) is 0 Å². The maximum Gasteiger partial charge on any atom is 0.306 e. The topological polar surface area (TPSA) is 95.9 Å². The van der Waals surface area contributed by atoms with Crippen LogP contribution in [0.5, 0.6) is 0 Å². The normalized spacial score (nSPS) is 13.2. The number of aliphatic hydroxyl groups excluding tert-OH is 2. The molecule has 1 amide bonds. The Labute approximate surface area is 349 Å². The molecule has 0 spiro atoms. The van der Waals surface area contributed by atoms with Crippen molar-refractivity contribution < 1.29 is 24.5 Å². The van der Waals surface area contributed by atoms with Crippen LogP contribution < -0.4 is 5.32 Å². The first-order chi connectivity index (χ1) is 27.5. The van der Waals surface area contributed by atoms with E-state index in [1.807, 2.05) is 0 Å². The lowest BCUT2D eigenvalue weighted by Gasteiger charge is -2.24. The summed E-state index contributed by atoms with van der Waals surface area (Å²) in [5.74, 6) is -0.453. The van der Waals surface area contributed by atoms with Gasteiger partial charge in [0, 0.05) is 6.42 Å². The average molecular weight is 794 g/mol. The molecule has 0 saturated heterocycles. The van der Waals surface area contributed by atoms with Gasteiger partial charge in [-0.05, 0) is 25.7 Å². The van der Waals surface area contributed by atoms with Crippen LogP contribution in [0.1, 0.15) is 284 Å².